The van der Waals surface area contributed by atoms with E-state index in [-0.39, 0.29) is 0 Å². The van der Waals surface area contributed by atoms with E-state index in [1.807, 2.05) is 0 Å². The smallest absolute Gasteiger partial charge is 0.0407 e. The van der Waals surface area contributed by atoms with Crippen LogP contribution in [0.3, 0.4) is 0 Å². The molecule has 0 radical (unpaired) electrons. The number of rotatable bonds is 4. The number of nitrogens with zero attached hydrogens (tertiary/aromatic N) is 1. The average molecular weight is 297 g/mol. The molecule has 94 valence electrons. The highest BCUT2D eigenvalue weighted by Crippen LogP contribution is 2.29. The summed E-state index contributed by atoms with van der Waals surface area (Å²) in [5, 5.41) is 3.61. The van der Waals surface area contributed by atoms with E-state index in [0.29, 0.717) is 6.04 Å². The van der Waals surface area contributed by atoms with Crippen molar-refractivity contribution in [2.75, 3.05) is 24.5 Å². The van der Waals surface area contributed by atoms with Gasteiger partial charge in [0.05, 0.1) is 0 Å². The molecular weight excluding hydrogens is 276 g/mol. The minimum absolute atomic E-state index is 0.660. The lowest BCUT2D eigenvalue weighted by Crippen LogP contribution is -2.33. The quantitative estimate of drug-likeness (QED) is 0.917. The third-order valence-corrected chi connectivity index (χ3v) is 4.31. The minimum Gasteiger partial charge on any atom is -0.370 e. The normalized spacial score (nSPS) is 19.9. The van der Waals surface area contributed by atoms with Crippen LogP contribution in [0.1, 0.15) is 25.3 Å². The van der Waals surface area contributed by atoms with E-state index in [0.717, 1.165) is 13.1 Å². The molecule has 1 saturated heterocycles. The molecule has 2 rings (SSSR count). The van der Waals surface area contributed by atoms with Crippen LogP contribution in [0.5, 0.6) is 0 Å². The molecular formula is C14H21BrN2. The molecule has 0 aliphatic carbocycles. The van der Waals surface area contributed by atoms with Crippen LogP contribution < -0.4 is 10.2 Å². The Kier molecular flexibility index (Phi) is 4.46. The molecule has 0 saturated carbocycles. The second-order valence-corrected chi connectivity index (χ2v) is 5.62. The fraction of sp³-hybridized carbons (Fsp3) is 0.571. The molecule has 1 atom stereocenters. The Bertz CT molecular complexity index is 378. The number of benzene rings is 1. The van der Waals surface area contributed by atoms with E-state index in [9.17, 15) is 0 Å². The van der Waals surface area contributed by atoms with Crippen molar-refractivity contribution in [2.45, 2.75) is 32.7 Å². The molecule has 1 fully saturated rings. The van der Waals surface area contributed by atoms with Gasteiger partial charge in [-0.2, -0.15) is 0 Å². The Balaban J connectivity index is 2.02. The fourth-order valence-corrected chi connectivity index (χ4v) is 2.79. The zero-order valence-corrected chi connectivity index (χ0v) is 12.3. The largest absolute Gasteiger partial charge is 0.370 e. The van der Waals surface area contributed by atoms with E-state index in [4.69, 9.17) is 0 Å². The van der Waals surface area contributed by atoms with Crippen molar-refractivity contribution in [1.82, 2.24) is 5.32 Å². The zero-order valence-electron chi connectivity index (χ0n) is 10.7. The van der Waals surface area contributed by atoms with E-state index >= 15 is 0 Å². The van der Waals surface area contributed by atoms with Crippen molar-refractivity contribution >= 4 is 21.6 Å². The van der Waals surface area contributed by atoms with Gasteiger partial charge in [0.1, 0.15) is 0 Å². The molecule has 0 bridgehead atoms. The summed E-state index contributed by atoms with van der Waals surface area (Å²) in [6.07, 6.45) is 2.47. The monoisotopic (exact) mass is 296 g/mol. The number of nitrogens with one attached hydrogen (secondary N) is 1. The molecule has 1 aliphatic rings. The van der Waals surface area contributed by atoms with Crippen molar-refractivity contribution in [3.63, 3.8) is 0 Å². The van der Waals surface area contributed by atoms with Crippen LogP contribution in [0.2, 0.25) is 0 Å². The van der Waals surface area contributed by atoms with Crippen LogP contribution in [0, 0.1) is 6.92 Å². The first-order chi connectivity index (χ1) is 8.22. The highest BCUT2D eigenvalue weighted by molar-refractivity contribution is 9.10. The third kappa shape index (κ3) is 3.02. The van der Waals surface area contributed by atoms with E-state index in [2.05, 4.69) is 58.2 Å². The van der Waals surface area contributed by atoms with Gasteiger partial charge >= 0.3 is 0 Å². The summed E-state index contributed by atoms with van der Waals surface area (Å²) in [7, 11) is 0. The van der Waals surface area contributed by atoms with Gasteiger partial charge in [0.15, 0.2) is 0 Å². The zero-order chi connectivity index (χ0) is 12.3. The van der Waals surface area contributed by atoms with Crippen molar-refractivity contribution < 1.29 is 0 Å². The second-order valence-electron chi connectivity index (χ2n) is 4.77. The summed E-state index contributed by atoms with van der Waals surface area (Å²) < 4.78 is 1.21. The molecule has 2 nitrogen and oxygen atoms in total. The van der Waals surface area contributed by atoms with Crippen molar-refractivity contribution in [2.24, 2.45) is 0 Å². The van der Waals surface area contributed by atoms with Crippen LogP contribution in [0.4, 0.5) is 5.69 Å². The summed E-state index contributed by atoms with van der Waals surface area (Å²) in [6, 6.07) is 7.12. The Labute approximate surface area is 113 Å². The summed E-state index contributed by atoms with van der Waals surface area (Å²) >= 11 is 3.61. The van der Waals surface area contributed by atoms with Crippen molar-refractivity contribution in [3.05, 3.63) is 28.2 Å². The lowest BCUT2D eigenvalue weighted by molar-refractivity contribution is 0.549. The molecule has 1 N–H and O–H groups in total. The highest BCUT2D eigenvalue weighted by atomic mass is 79.9. The van der Waals surface area contributed by atoms with Crippen molar-refractivity contribution in [3.8, 4) is 0 Å². The average Bonchev–Trinajstić information content (AvgIpc) is 2.78. The molecule has 1 unspecified atom stereocenters. The summed E-state index contributed by atoms with van der Waals surface area (Å²) in [5.41, 5.74) is 2.73. The van der Waals surface area contributed by atoms with Crippen LogP contribution in [-0.2, 0) is 0 Å². The Morgan fingerprint density at radius 2 is 2.29 bits per heavy atom. The Morgan fingerprint density at radius 3 is 3.06 bits per heavy atom. The molecule has 17 heavy (non-hydrogen) atoms. The van der Waals surface area contributed by atoms with Gasteiger partial charge in [-0.05, 0) is 44.0 Å². The van der Waals surface area contributed by atoms with Gasteiger partial charge in [0, 0.05) is 29.3 Å². The third-order valence-electron chi connectivity index (χ3n) is 3.45. The molecule has 3 heteroatoms. The van der Waals surface area contributed by atoms with Gasteiger partial charge in [0.25, 0.3) is 0 Å². The van der Waals surface area contributed by atoms with Gasteiger partial charge in [-0.25, -0.2) is 0 Å². The Hall–Kier alpha value is -0.540. The fourth-order valence-electron chi connectivity index (χ4n) is 2.43. The summed E-state index contributed by atoms with van der Waals surface area (Å²) in [5.74, 6) is 0. The van der Waals surface area contributed by atoms with Gasteiger partial charge in [-0.15, -0.1) is 0 Å². The Morgan fingerprint density at radius 1 is 1.47 bits per heavy atom. The van der Waals surface area contributed by atoms with E-state index in [1.54, 1.807) is 0 Å². The highest BCUT2D eigenvalue weighted by Gasteiger charge is 2.23. The molecule has 0 spiro atoms. The van der Waals surface area contributed by atoms with Crippen LogP contribution in [0.15, 0.2) is 22.7 Å². The second kappa shape index (κ2) is 5.87. The van der Waals surface area contributed by atoms with Crippen LogP contribution >= 0.6 is 15.9 Å². The minimum atomic E-state index is 0.660. The van der Waals surface area contributed by atoms with E-state index in [1.165, 1.54) is 35.1 Å². The predicted molar refractivity (Wildman–Crippen MR) is 77.8 cm³/mol. The first-order valence-electron chi connectivity index (χ1n) is 6.45. The number of halogens is 1. The number of hydrogen-bond acceptors (Lipinski definition) is 2. The predicted octanol–water partition coefficient (Wildman–Crippen LogP) is 3.34. The first kappa shape index (κ1) is 12.9. The van der Waals surface area contributed by atoms with Crippen molar-refractivity contribution in [1.29, 1.82) is 0 Å². The maximum atomic E-state index is 3.61. The summed E-state index contributed by atoms with van der Waals surface area (Å²) in [6.45, 7) is 7.84. The van der Waals surface area contributed by atoms with Gasteiger partial charge < -0.3 is 10.2 Å². The van der Waals surface area contributed by atoms with Gasteiger partial charge in [0.2, 0.25) is 0 Å². The first-order valence-corrected chi connectivity index (χ1v) is 7.25. The number of anilines is 1. The van der Waals surface area contributed by atoms with Crippen LogP contribution in [-0.4, -0.2) is 25.7 Å². The van der Waals surface area contributed by atoms with Gasteiger partial charge in [-0.3, -0.25) is 0 Å². The topological polar surface area (TPSA) is 15.3 Å². The standard InChI is InChI=1S/C14H21BrN2/c1-3-8-16-12-7-9-17(10-12)14-6-4-5-13(15)11(14)2/h4-6,12,16H,3,7-10H2,1-2H3. The van der Waals surface area contributed by atoms with Crippen LogP contribution in [0.25, 0.3) is 0 Å². The summed E-state index contributed by atoms with van der Waals surface area (Å²) in [4.78, 5) is 2.49. The maximum Gasteiger partial charge on any atom is 0.0407 e. The lowest BCUT2D eigenvalue weighted by atomic mass is 10.2. The molecule has 1 aliphatic heterocycles. The maximum absolute atomic E-state index is 3.61. The molecule has 0 aromatic heterocycles. The molecule has 1 heterocycles. The molecule has 1 aromatic carbocycles. The lowest BCUT2D eigenvalue weighted by Gasteiger charge is -2.21. The SMILES string of the molecule is CCCNC1CCN(c2cccc(Br)c2C)C1. The number of hydrogen-bond donors (Lipinski definition) is 1. The molecule has 1 aromatic rings. The van der Waals surface area contributed by atoms with Gasteiger partial charge in [-0.1, -0.05) is 28.9 Å². The van der Waals surface area contributed by atoms with E-state index < -0.39 is 0 Å². The molecule has 0 amide bonds.